The third-order valence-electron chi connectivity index (χ3n) is 4.34. The number of nitrogen functional groups attached to an aromatic ring is 1. The van der Waals surface area contributed by atoms with Crippen LogP contribution in [0, 0.1) is 5.92 Å². The first-order chi connectivity index (χ1) is 11.7. The Labute approximate surface area is 140 Å². The Kier molecular flexibility index (Phi) is 3.76. The van der Waals surface area contributed by atoms with E-state index in [0.29, 0.717) is 34.7 Å². The minimum absolute atomic E-state index is 0.228. The van der Waals surface area contributed by atoms with Gasteiger partial charge in [0, 0.05) is 19.2 Å². The summed E-state index contributed by atoms with van der Waals surface area (Å²) >= 11 is 0. The maximum atomic E-state index is 6.27. The van der Waals surface area contributed by atoms with Gasteiger partial charge in [0.2, 0.25) is 12.7 Å². The molecule has 24 heavy (non-hydrogen) atoms. The van der Waals surface area contributed by atoms with E-state index in [-0.39, 0.29) is 6.79 Å². The molecule has 3 heterocycles. The molecule has 7 nitrogen and oxygen atoms in total. The molecule has 2 aliphatic heterocycles. The van der Waals surface area contributed by atoms with E-state index in [0.717, 1.165) is 25.3 Å². The van der Waals surface area contributed by atoms with Crippen LogP contribution in [0.3, 0.4) is 0 Å². The molecule has 0 spiro atoms. The molecule has 2 N–H and O–H groups in total. The fourth-order valence-corrected chi connectivity index (χ4v) is 3.14. The summed E-state index contributed by atoms with van der Waals surface area (Å²) in [7, 11) is 0. The van der Waals surface area contributed by atoms with Gasteiger partial charge in [-0.2, -0.15) is 4.98 Å². The number of benzene rings is 1. The Bertz CT molecular complexity index is 753. The fraction of sp³-hybridized carbons (Fsp3) is 0.412. The second kappa shape index (κ2) is 6.07. The maximum Gasteiger partial charge on any atom is 0.248 e. The highest BCUT2D eigenvalue weighted by Crippen LogP contribution is 2.38. The van der Waals surface area contributed by atoms with Crippen molar-refractivity contribution in [2.45, 2.75) is 19.8 Å². The molecule has 1 unspecified atom stereocenters. The molecule has 1 aromatic heterocycles. The zero-order chi connectivity index (χ0) is 16.5. The van der Waals surface area contributed by atoms with Crippen molar-refractivity contribution in [3.05, 3.63) is 24.5 Å². The van der Waals surface area contributed by atoms with Gasteiger partial charge < -0.3 is 24.8 Å². The topological polar surface area (TPSA) is 82.7 Å². The van der Waals surface area contributed by atoms with Crippen LogP contribution in [0.25, 0.3) is 0 Å². The lowest BCUT2D eigenvalue weighted by Crippen LogP contribution is -2.35. The normalized spacial score (nSPS) is 19.4. The van der Waals surface area contributed by atoms with Crippen molar-refractivity contribution in [2.75, 3.05) is 30.5 Å². The first kappa shape index (κ1) is 14.9. The highest BCUT2D eigenvalue weighted by Gasteiger charge is 2.22. The summed E-state index contributed by atoms with van der Waals surface area (Å²) < 4.78 is 16.5. The maximum absolute atomic E-state index is 6.27. The highest BCUT2D eigenvalue weighted by atomic mass is 16.7. The van der Waals surface area contributed by atoms with Crippen molar-refractivity contribution in [3.8, 4) is 23.1 Å². The van der Waals surface area contributed by atoms with Crippen molar-refractivity contribution in [3.63, 3.8) is 0 Å². The zero-order valence-electron chi connectivity index (χ0n) is 13.6. The number of hydrogen-bond acceptors (Lipinski definition) is 7. The van der Waals surface area contributed by atoms with Crippen LogP contribution < -0.4 is 24.8 Å². The number of fused-ring (bicyclic) bond motifs is 1. The molecule has 1 aromatic carbocycles. The van der Waals surface area contributed by atoms with Crippen molar-refractivity contribution in [1.29, 1.82) is 0 Å². The third kappa shape index (κ3) is 2.77. The van der Waals surface area contributed by atoms with Crippen LogP contribution in [-0.4, -0.2) is 29.9 Å². The van der Waals surface area contributed by atoms with Crippen molar-refractivity contribution < 1.29 is 14.2 Å². The molecular formula is C17H20N4O3. The summed E-state index contributed by atoms with van der Waals surface area (Å²) in [5.74, 6) is 3.70. The number of nitrogens with zero attached hydrogens (tertiary/aromatic N) is 3. The SMILES string of the molecule is CC1CCCN(c2ncnc(Oc3ccc4c(c3)OCO4)c2N)C1. The summed E-state index contributed by atoms with van der Waals surface area (Å²) in [6, 6.07) is 5.38. The predicted octanol–water partition coefficient (Wildman–Crippen LogP) is 2.82. The van der Waals surface area contributed by atoms with E-state index in [1.807, 2.05) is 6.07 Å². The number of nitrogens with two attached hydrogens (primary N) is 1. The monoisotopic (exact) mass is 328 g/mol. The van der Waals surface area contributed by atoms with Crippen LogP contribution in [0.1, 0.15) is 19.8 Å². The molecule has 1 saturated heterocycles. The van der Waals surface area contributed by atoms with Crippen LogP contribution in [-0.2, 0) is 0 Å². The van der Waals surface area contributed by atoms with Crippen LogP contribution in [0.4, 0.5) is 11.5 Å². The fourth-order valence-electron chi connectivity index (χ4n) is 3.14. The van der Waals surface area contributed by atoms with Gasteiger partial charge in [-0.3, -0.25) is 0 Å². The number of ether oxygens (including phenoxy) is 3. The largest absolute Gasteiger partial charge is 0.454 e. The number of aromatic nitrogens is 2. The molecule has 7 heteroatoms. The predicted molar refractivity (Wildman–Crippen MR) is 89.7 cm³/mol. The average molecular weight is 328 g/mol. The van der Waals surface area contributed by atoms with E-state index in [1.54, 1.807) is 12.1 Å². The van der Waals surface area contributed by atoms with Crippen molar-refractivity contribution >= 4 is 11.5 Å². The van der Waals surface area contributed by atoms with Gasteiger partial charge in [0.15, 0.2) is 17.3 Å². The summed E-state index contributed by atoms with van der Waals surface area (Å²) in [6.45, 7) is 4.37. The zero-order valence-corrected chi connectivity index (χ0v) is 13.6. The number of piperidine rings is 1. The molecule has 0 bridgehead atoms. The molecule has 1 atom stereocenters. The summed E-state index contributed by atoms with van der Waals surface area (Å²) in [4.78, 5) is 10.8. The van der Waals surface area contributed by atoms with E-state index in [9.17, 15) is 0 Å². The lowest BCUT2D eigenvalue weighted by Gasteiger charge is -2.32. The second-order valence-corrected chi connectivity index (χ2v) is 6.23. The van der Waals surface area contributed by atoms with Gasteiger partial charge in [0.25, 0.3) is 0 Å². The van der Waals surface area contributed by atoms with E-state index in [1.165, 1.54) is 12.7 Å². The van der Waals surface area contributed by atoms with Crippen LogP contribution in [0.15, 0.2) is 24.5 Å². The van der Waals surface area contributed by atoms with Gasteiger partial charge in [-0.05, 0) is 30.9 Å². The molecule has 4 rings (SSSR count). The van der Waals surface area contributed by atoms with Gasteiger partial charge in [-0.25, -0.2) is 4.98 Å². The van der Waals surface area contributed by atoms with Crippen LogP contribution in [0.5, 0.6) is 23.1 Å². The molecule has 1 fully saturated rings. The van der Waals surface area contributed by atoms with Crippen LogP contribution >= 0.6 is 0 Å². The van der Waals surface area contributed by atoms with Crippen molar-refractivity contribution in [1.82, 2.24) is 9.97 Å². The van der Waals surface area contributed by atoms with Gasteiger partial charge in [0.05, 0.1) is 0 Å². The number of anilines is 2. The van der Waals surface area contributed by atoms with Crippen molar-refractivity contribution in [2.24, 2.45) is 5.92 Å². The molecule has 126 valence electrons. The molecule has 2 aliphatic rings. The van der Waals surface area contributed by atoms with E-state index in [4.69, 9.17) is 19.9 Å². The summed E-state index contributed by atoms with van der Waals surface area (Å²) in [6.07, 6.45) is 3.87. The Morgan fingerprint density at radius 3 is 3.00 bits per heavy atom. The molecular weight excluding hydrogens is 308 g/mol. The molecule has 0 aliphatic carbocycles. The smallest absolute Gasteiger partial charge is 0.248 e. The lowest BCUT2D eigenvalue weighted by molar-refractivity contribution is 0.174. The standard InChI is InChI=1S/C17H20N4O3/c1-11-3-2-6-21(8-11)16-15(18)17(20-9-19-16)24-12-4-5-13-14(7-12)23-10-22-13/h4-5,7,9,11H,2-3,6,8,10,18H2,1H3. The van der Waals surface area contributed by atoms with Crippen LogP contribution in [0.2, 0.25) is 0 Å². The molecule has 2 aromatic rings. The van der Waals surface area contributed by atoms with Gasteiger partial charge in [0.1, 0.15) is 17.8 Å². The minimum Gasteiger partial charge on any atom is -0.454 e. The molecule has 0 saturated carbocycles. The Morgan fingerprint density at radius 2 is 2.12 bits per heavy atom. The van der Waals surface area contributed by atoms with Gasteiger partial charge >= 0.3 is 0 Å². The number of rotatable bonds is 3. The summed E-state index contributed by atoms with van der Waals surface area (Å²) in [5, 5.41) is 0. The molecule has 0 amide bonds. The van der Waals surface area contributed by atoms with E-state index < -0.39 is 0 Å². The van der Waals surface area contributed by atoms with E-state index in [2.05, 4.69) is 21.8 Å². The first-order valence-corrected chi connectivity index (χ1v) is 8.13. The molecule has 0 radical (unpaired) electrons. The highest BCUT2D eigenvalue weighted by molar-refractivity contribution is 5.68. The van der Waals surface area contributed by atoms with Gasteiger partial charge in [-0.15, -0.1) is 0 Å². The Balaban J connectivity index is 1.58. The average Bonchev–Trinajstić information content (AvgIpc) is 3.04. The Hall–Kier alpha value is -2.70. The lowest BCUT2D eigenvalue weighted by atomic mass is 10.0. The van der Waals surface area contributed by atoms with Gasteiger partial charge in [-0.1, -0.05) is 6.92 Å². The summed E-state index contributed by atoms with van der Waals surface area (Å²) in [5.41, 5.74) is 6.73. The van der Waals surface area contributed by atoms with E-state index >= 15 is 0 Å². The first-order valence-electron chi connectivity index (χ1n) is 8.13. The number of hydrogen-bond donors (Lipinski definition) is 1. The second-order valence-electron chi connectivity index (χ2n) is 6.23. The minimum atomic E-state index is 0.228. The quantitative estimate of drug-likeness (QED) is 0.927. The third-order valence-corrected chi connectivity index (χ3v) is 4.34. The Morgan fingerprint density at radius 1 is 1.25 bits per heavy atom.